The average molecular weight is 418 g/mol. The smallest absolute Gasteiger partial charge is 0.253 e. The molecular weight excluding hydrogens is 398 g/mol. The van der Waals surface area contributed by atoms with Crippen LogP contribution >= 0.6 is 0 Å². The van der Waals surface area contributed by atoms with Crippen LogP contribution in [-0.4, -0.2) is 49.5 Å². The predicted octanol–water partition coefficient (Wildman–Crippen LogP) is 2.69. The van der Waals surface area contributed by atoms with Crippen molar-refractivity contribution in [3.05, 3.63) is 71.3 Å². The van der Waals surface area contributed by atoms with Gasteiger partial charge in [0.05, 0.1) is 10.8 Å². The first-order chi connectivity index (χ1) is 13.9. The van der Waals surface area contributed by atoms with Gasteiger partial charge in [0.2, 0.25) is 5.91 Å². The van der Waals surface area contributed by atoms with E-state index in [0.717, 1.165) is 0 Å². The minimum Gasteiger partial charge on any atom is -0.338 e. The van der Waals surface area contributed by atoms with Crippen molar-refractivity contribution in [2.24, 2.45) is 0 Å². The summed E-state index contributed by atoms with van der Waals surface area (Å²) in [5.74, 6) is -1.28. The molecule has 0 aromatic heterocycles. The van der Waals surface area contributed by atoms with Crippen LogP contribution < -0.4 is 0 Å². The molecule has 2 saturated heterocycles. The lowest BCUT2D eigenvalue weighted by atomic mass is 10.00. The van der Waals surface area contributed by atoms with Crippen molar-refractivity contribution in [2.75, 3.05) is 18.8 Å². The van der Waals surface area contributed by atoms with Gasteiger partial charge in [-0.05, 0) is 42.0 Å². The van der Waals surface area contributed by atoms with Gasteiger partial charge in [-0.1, -0.05) is 12.1 Å². The number of amides is 2. The highest BCUT2D eigenvalue weighted by atomic mass is 32.2. The fourth-order valence-corrected chi connectivity index (χ4v) is 5.76. The molecule has 0 N–H and O–H groups in total. The molecule has 2 heterocycles. The Morgan fingerprint density at radius 2 is 1.72 bits per heavy atom. The van der Waals surface area contributed by atoms with Crippen LogP contribution in [0.25, 0.3) is 0 Å². The number of nitrogens with zero attached hydrogens (tertiary/aromatic N) is 2. The van der Waals surface area contributed by atoms with Crippen molar-refractivity contribution < 1.29 is 22.6 Å². The Morgan fingerprint density at radius 3 is 2.38 bits per heavy atom. The van der Waals surface area contributed by atoms with E-state index in [0.29, 0.717) is 37.1 Å². The monoisotopic (exact) mass is 418 g/mol. The molecule has 152 valence electrons. The highest BCUT2D eigenvalue weighted by Gasteiger charge is 2.53. The van der Waals surface area contributed by atoms with E-state index in [4.69, 9.17) is 0 Å². The molecule has 2 aromatic carbocycles. The van der Waals surface area contributed by atoms with E-state index >= 15 is 0 Å². The zero-order chi connectivity index (χ0) is 20.6. The summed E-state index contributed by atoms with van der Waals surface area (Å²) in [5.41, 5.74) is 1.03. The maximum absolute atomic E-state index is 13.5. The normalized spacial score (nSPS) is 21.0. The van der Waals surface area contributed by atoms with Crippen molar-refractivity contribution in [1.82, 2.24) is 9.80 Å². The van der Waals surface area contributed by atoms with Crippen molar-refractivity contribution in [3.63, 3.8) is 0 Å². The Kier molecular flexibility index (Phi) is 5.21. The fourth-order valence-electron chi connectivity index (χ4n) is 4.06. The molecule has 2 aliphatic heterocycles. The molecule has 8 heteroatoms. The molecule has 1 spiro atoms. The molecule has 2 aliphatic rings. The van der Waals surface area contributed by atoms with Crippen LogP contribution in [0.1, 0.15) is 28.8 Å². The summed E-state index contributed by atoms with van der Waals surface area (Å²) >= 11 is 0. The van der Waals surface area contributed by atoms with E-state index in [-0.39, 0.29) is 29.9 Å². The second-order valence-electron chi connectivity index (χ2n) is 7.34. The van der Waals surface area contributed by atoms with Gasteiger partial charge >= 0.3 is 0 Å². The van der Waals surface area contributed by atoms with Crippen molar-refractivity contribution in [1.29, 1.82) is 0 Å². The first kappa shape index (κ1) is 19.7. The van der Waals surface area contributed by atoms with Gasteiger partial charge in [0.15, 0.2) is 0 Å². The molecule has 29 heavy (non-hydrogen) atoms. The van der Waals surface area contributed by atoms with E-state index in [1.54, 1.807) is 21.9 Å². The maximum Gasteiger partial charge on any atom is 0.253 e. The number of halogens is 2. The Hall–Kier alpha value is -2.61. The van der Waals surface area contributed by atoms with Crippen LogP contribution in [0.15, 0.2) is 48.5 Å². The molecule has 1 unspecified atom stereocenters. The van der Waals surface area contributed by atoms with Gasteiger partial charge in [-0.25, -0.2) is 8.78 Å². The van der Waals surface area contributed by atoms with Gasteiger partial charge in [0.25, 0.3) is 5.91 Å². The third-order valence-electron chi connectivity index (χ3n) is 5.62. The first-order valence-corrected chi connectivity index (χ1v) is 10.7. The average Bonchev–Trinajstić information content (AvgIpc) is 2.93. The lowest BCUT2D eigenvalue weighted by Crippen LogP contribution is -2.55. The van der Waals surface area contributed by atoms with E-state index in [1.807, 2.05) is 0 Å². The summed E-state index contributed by atoms with van der Waals surface area (Å²) in [5, 5.41) is 0. The van der Waals surface area contributed by atoms with Crippen molar-refractivity contribution in [3.8, 4) is 0 Å². The molecule has 1 atom stereocenters. The van der Waals surface area contributed by atoms with Crippen molar-refractivity contribution >= 4 is 22.6 Å². The van der Waals surface area contributed by atoms with Gasteiger partial charge in [-0.15, -0.1) is 0 Å². The summed E-state index contributed by atoms with van der Waals surface area (Å²) in [6.45, 7) is 0.873. The molecule has 0 bridgehead atoms. The minimum atomic E-state index is -1.39. The first-order valence-electron chi connectivity index (χ1n) is 9.37. The Balaban J connectivity index is 1.51. The van der Waals surface area contributed by atoms with E-state index < -0.39 is 21.5 Å². The Labute approximate surface area is 169 Å². The second kappa shape index (κ2) is 7.67. The molecular formula is C21H20F2N2O3S. The molecule has 2 fully saturated rings. The van der Waals surface area contributed by atoms with Crippen LogP contribution in [-0.2, 0) is 22.1 Å². The highest BCUT2D eigenvalue weighted by Crippen LogP contribution is 2.38. The number of carbonyl (C=O) groups excluding carboxylic acids is 2. The van der Waals surface area contributed by atoms with Crippen molar-refractivity contribution in [2.45, 2.75) is 24.3 Å². The molecule has 0 saturated carbocycles. The lowest BCUT2D eigenvalue weighted by molar-refractivity contribution is -0.131. The third-order valence-corrected chi connectivity index (χ3v) is 7.61. The number of piperidine rings is 1. The zero-order valence-electron chi connectivity index (χ0n) is 15.6. The summed E-state index contributed by atoms with van der Waals surface area (Å²) in [6.07, 6.45) is 0.765. The summed E-state index contributed by atoms with van der Waals surface area (Å²) in [6, 6.07) is 11.4. The largest absolute Gasteiger partial charge is 0.338 e. The van der Waals surface area contributed by atoms with Gasteiger partial charge in [-0.2, -0.15) is 0 Å². The Bertz CT molecular complexity index is 972. The highest BCUT2D eigenvalue weighted by molar-refractivity contribution is 7.87. The predicted molar refractivity (Wildman–Crippen MR) is 104 cm³/mol. The van der Waals surface area contributed by atoms with Gasteiger partial charge < -0.3 is 9.80 Å². The molecule has 5 nitrogen and oxygen atoms in total. The van der Waals surface area contributed by atoms with Gasteiger partial charge in [0.1, 0.15) is 22.3 Å². The van der Waals surface area contributed by atoms with Crippen LogP contribution in [0.2, 0.25) is 0 Å². The molecule has 4 rings (SSSR count). The second-order valence-corrected chi connectivity index (χ2v) is 9.08. The van der Waals surface area contributed by atoms with Crippen LogP contribution in [0.3, 0.4) is 0 Å². The molecule has 0 radical (unpaired) electrons. The number of rotatable bonds is 3. The third kappa shape index (κ3) is 3.69. The number of hydrogen-bond acceptors (Lipinski definition) is 3. The van der Waals surface area contributed by atoms with E-state index in [2.05, 4.69) is 0 Å². The van der Waals surface area contributed by atoms with Gasteiger partial charge in [0, 0.05) is 38.0 Å². The quantitative estimate of drug-likeness (QED) is 0.770. The number of likely N-dealkylation sites (tertiary alicyclic amines) is 1. The summed E-state index contributed by atoms with van der Waals surface area (Å²) < 4.78 is 39.5. The number of hydrogen-bond donors (Lipinski definition) is 0. The Morgan fingerprint density at radius 1 is 1.03 bits per heavy atom. The summed E-state index contributed by atoms with van der Waals surface area (Å²) in [7, 11) is -1.39. The van der Waals surface area contributed by atoms with E-state index in [1.165, 1.54) is 36.4 Å². The summed E-state index contributed by atoms with van der Waals surface area (Å²) in [4.78, 5) is 27.6. The fraction of sp³-hybridized carbons (Fsp3) is 0.333. The van der Waals surface area contributed by atoms with Gasteiger partial charge in [-0.3, -0.25) is 13.8 Å². The SMILES string of the molecule is O=C(c1ccc(F)cc1)N1CCC2(CC1)N(Cc1cccc(F)c1)C(=O)CS2=O. The maximum atomic E-state index is 13.5. The molecule has 0 aliphatic carbocycles. The standard InChI is InChI=1S/C21H20F2N2O3S/c22-17-6-4-16(5-7-17)20(27)24-10-8-21(9-11-24)25(19(26)14-29(21)28)13-15-2-1-3-18(23)12-15/h1-7,12H,8-11,13-14H2. The minimum absolute atomic E-state index is 0.0543. The lowest BCUT2D eigenvalue weighted by Gasteiger charge is -2.43. The number of benzene rings is 2. The van der Waals surface area contributed by atoms with Crippen LogP contribution in [0.5, 0.6) is 0 Å². The molecule has 2 amide bonds. The number of carbonyl (C=O) groups is 2. The van der Waals surface area contributed by atoms with Crippen LogP contribution in [0, 0.1) is 11.6 Å². The zero-order valence-corrected chi connectivity index (χ0v) is 16.5. The van der Waals surface area contributed by atoms with Crippen LogP contribution in [0.4, 0.5) is 8.78 Å². The molecule has 2 aromatic rings. The topological polar surface area (TPSA) is 57.7 Å². The van der Waals surface area contributed by atoms with E-state index in [9.17, 15) is 22.6 Å².